The SMILES string of the molecule is O=C(Nc1cccc(N2CCOC2=O)c1)C1CCCN(C(=O)N2CCCC2)C1. The van der Waals surface area contributed by atoms with Crippen molar-refractivity contribution in [2.75, 3.05) is 49.5 Å². The van der Waals surface area contributed by atoms with Gasteiger partial charge in [-0.05, 0) is 43.9 Å². The van der Waals surface area contributed by atoms with E-state index in [1.54, 1.807) is 23.1 Å². The number of nitrogens with one attached hydrogen (secondary N) is 1. The Labute approximate surface area is 164 Å². The smallest absolute Gasteiger partial charge is 0.414 e. The molecule has 0 bridgehead atoms. The normalized spacial score (nSPS) is 22.4. The molecule has 8 nitrogen and oxygen atoms in total. The molecule has 150 valence electrons. The summed E-state index contributed by atoms with van der Waals surface area (Å²) in [6.07, 6.45) is 3.35. The van der Waals surface area contributed by atoms with Crippen LogP contribution in [0, 0.1) is 5.92 Å². The van der Waals surface area contributed by atoms with Crippen LogP contribution in [0.4, 0.5) is 21.0 Å². The van der Waals surface area contributed by atoms with Gasteiger partial charge in [-0.15, -0.1) is 0 Å². The Kier molecular flexibility index (Phi) is 5.36. The first-order valence-corrected chi connectivity index (χ1v) is 10.0. The molecule has 3 heterocycles. The number of hydrogen-bond donors (Lipinski definition) is 1. The largest absolute Gasteiger partial charge is 0.447 e. The first-order chi connectivity index (χ1) is 13.6. The number of carbonyl (C=O) groups is 3. The highest BCUT2D eigenvalue weighted by atomic mass is 16.6. The number of ether oxygens (including phenoxy) is 1. The molecule has 28 heavy (non-hydrogen) atoms. The predicted molar refractivity (Wildman–Crippen MR) is 104 cm³/mol. The Morgan fingerprint density at radius 3 is 2.57 bits per heavy atom. The molecule has 1 aromatic rings. The molecule has 3 fully saturated rings. The van der Waals surface area contributed by atoms with Crippen molar-refractivity contribution in [3.8, 4) is 0 Å². The summed E-state index contributed by atoms with van der Waals surface area (Å²) in [5.41, 5.74) is 1.35. The van der Waals surface area contributed by atoms with Crippen molar-refractivity contribution in [1.82, 2.24) is 9.80 Å². The van der Waals surface area contributed by atoms with E-state index in [0.717, 1.165) is 38.8 Å². The van der Waals surface area contributed by atoms with Gasteiger partial charge < -0.3 is 19.9 Å². The van der Waals surface area contributed by atoms with Crippen LogP contribution in [-0.4, -0.2) is 67.2 Å². The zero-order chi connectivity index (χ0) is 19.5. The van der Waals surface area contributed by atoms with Gasteiger partial charge in [-0.3, -0.25) is 9.69 Å². The van der Waals surface area contributed by atoms with E-state index in [-0.39, 0.29) is 23.9 Å². The van der Waals surface area contributed by atoms with E-state index in [1.165, 1.54) is 0 Å². The summed E-state index contributed by atoms with van der Waals surface area (Å²) >= 11 is 0. The molecule has 4 rings (SSSR count). The van der Waals surface area contributed by atoms with Crippen LogP contribution in [0.25, 0.3) is 0 Å². The quantitative estimate of drug-likeness (QED) is 0.865. The molecule has 0 aliphatic carbocycles. The van der Waals surface area contributed by atoms with Gasteiger partial charge in [-0.1, -0.05) is 6.07 Å². The molecular weight excluding hydrogens is 360 g/mol. The maximum Gasteiger partial charge on any atom is 0.414 e. The minimum Gasteiger partial charge on any atom is -0.447 e. The van der Waals surface area contributed by atoms with Gasteiger partial charge in [0.15, 0.2) is 0 Å². The van der Waals surface area contributed by atoms with E-state index in [0.29, 0.717) is 37.6 Å². The van der Waals surface area contributed by atoms with Crippen molar-refractivity contribution in [1.29, 1.82) is 0 Å². The molecule has 0 saturated carbocycles. The zero-order valence-corrected chi connectivity index (χ0v) is 15.9. The third-order valence-electron chi connectivity index (χ3n) is 5.63. The highest BCUT2D eigenvalue weighted by Gasteiger charge is 2.31. The van der Waals surface area contributed by atoms with Crippen molar-refractivity contribution in [3.63, 3.8) is 0 Å². The van der Waals surface area contributed by atoms with Gasteiger partial charge in [-0.2, -0.15) is 0 Å². The Hall–Kier alpha value is -2.77. The van der Waals surface area contributed by atoms with Gasteiger partial charge >= 0.3 is 12.1 Å². The molecule has 0 aromatic heterocycles. The topological polar surface area (TPSA) is 82.2 Å². The summed E-state index contributed by atoms with van der Waals surface area (Å²) in [7, 11) is 0. The Balaban J connectivity index is 1.38. The van der Waals surface area contributed by atoms with E-state index in [2.05, 4.69) is 5.32 Å². The van der Waals surface area contributed by atoms with Crippen LogP contribution in [0.2, 0.25) is 0 Å². The van der Waals surface area contributed by atoms with E-state index < -0.39 is 0 Å². The highest BCUT2D eigenvalue weighted by molar-refractivity contribution is 5.95. The van der Waals surface area contributed by atoms with Gasteiger partial charge in [0.1, 0.15) is 6.61 Å². The lowest BCUT2D eigenvalue weighted by Crippen LogP contribution is -2.48. The maximum atomic E-state index is 12.8. The Bertz CT molecular complexity index is 762. The van der Waals surface area contributed by atoms with Crippen molar-refractivity contribution in [2.24, 2.45) is 5.92 Å². The second kappa shape index (κ2) is 8.08. The fraction of sp³-hybridized carbons (Fsp3) is 0.550. The van der Waals surface area contributed by atoms with Crippen molar-refractivity contribution < 1.29 is 19.1 Å². The number of carbonyl (C=O) groups excluding carboxylic acids is 3. The number of benzene rings is 1. The number of anilines is 2. The first kappa shape index (κ1) is 18.6. The third kappa shape index (κ3) is 3.90. The minimum atomic E-state index is -0.369. The third-order valence-corrected chi connectivity index (χ3v) is 5.63. The van der Waals surface area contributed by atoms with Gasteiger partial charge in [0.25, 0.3) is 0 Å². The molecule has 1 unspecified atom stereocenters. The number of urea groups is 1. The van der Waals surface area contributed by atoms with Crippen LogP contribution in [-0.2, 0) is 9.53 Å². The molecule has 1 N–H and O–H groups in total. The van der Waals surface area contributed by atoms with Crippen LogP contribution in [0.1, 0.15) is 25.7 Å². The van der Waals surface area contributed by atoms with Gasteiger partial charge in [-0.25, -0.2) is 9.59 Å². The molecule has 3 aliphatic rings. The lowest BCUT2D eigenvalue weighted by Gasteiger charge is -2.34. The molecular formula is C20H26N4O4. The number of rotatable bonds is 3. The van der Waals surface area contributed by atoms with Gasteiger partial charge in [0.2, 0.25) is 5.91 Å². The summed E-state index contributed by atoms with van der Waals surface area (Å²) in [5, 5.41) is 2.95. The lowest BCUT2D eigenvalue weighted by molar-refractivity contribution is -0.121. The van der Waals surface area contributed by atoms with E-state index >= 15 is 0 Å². The van der Waals surface area contributed by atoms with Crippen LogP contribution in [0.3, 0.4) is 0 Å². The molecule has 3 saturated heterocycles. The van der Waals surface area contributed by atoms with Crippen molar-refractivity contribution >= 4 is 29.4 Å². The van der Waals surface area contributed by atoms with Crippen LogP contribution in [0.15, 0.2) is 24.3 Å². The number of cyclic esters (lactones) is 1. The van der Waals surface area contributed by atoms with Gasteiger partial charge in [0.05, 0.1) is 12.5 Å². The van der Waals surface area contributed by atoms with E-state index in [4.69, 9.17) is 4.74 Å². The average Bonchev–Trinajstić information content (AvgIpc) is 3.39. The van der Waals surface area contributed by atoms with E-state index in [9.17, 15) is 14.4 Å². The highest BCUT2D eigenvalue weighted by Crippen LogP contribution is 2.25. The van der Waals surface area contributed by atoms with Crippen molar-refractivity contribution in [2.45, 2.75) is 25.7 Å². The van der Waals surface area contributed by atoms with Crippen LogP contribution < -0.4 is 10.2 Å². The summed E-state index contributed by atoms with van der Waals surface area (Å²) in [4.78, 5) is 42.4. The second-order valence-corrected chi connectivity index (χ2v) is 7.57. The molecule has 1 atom stereocenters. The maximum absolute atomic E-state index is 12.8. The first-order valence-electron chi connectivity index (χ1n) is 10.0. The fourth-order valence-corrected chi connectivity index (χ4v) is 4.10. The molecule has 0 spiro atoms. The molecule has 3 aliphatic heterocycles. The molecule has 4 amide bonds. The molecule has 8 heteroatoms. The van der Waals surface area contributed by atoms with Crippen molar-refractivity contribution in [3.05, 3.63) is 24.3 Å². The van der Waals surface area contributed by atoms with E-state index in [1.807, 2.05) is 15.9 Å². The number of amides is 4. The standard InChI is InChI=1S/C20H26N4O4/c25-18(15-5-4-10-23(14-15)19(26)22-8-1-2-9-22)21-16-6-3-7-17(13-16)24-11-12-28-20(24)27/h3,6-7,13,15H,1-2,4-5,8-12,14H2,(H,21,25). The summed E-state index contributed by atoms with van der Waals surface area (Å²) in [5.74, 6) is -0.305. The molecule has 0 radical (unpaired) electrons. The number of likely N-dealkylation sites (tertiary alicyclic amines) is 2. The summed E-state index contributed by atoms with van der Waals surface area (Å²) in [6, 6.07) is 7.27. The zero-order valence-electron chi connectivity index (χ0n) is 15.9. The van der Waals surface area contributed by atoms with Crippen LogP contribution >= 0.6 is 0 Å². The van der Waals surface area contributed by atoms with Gasteiger partial charge in [0, 0.05) is 37.6 Å². The number of piperidine rings is 1. The summed E-state index contributed by atoms with van der Waals surface area (Å²) in [6.45, 7) is 3.69. The molecule has 1 aromatic carbocycles. The second-order valence-electron chi connectivity index (χ2n) is 7.57. The number of nitrogens with zero attached hydrogens (tertiary/aromatic N) is 3. The monoisotopic (exact) mass is 386 g/mol. The minimum absolute atomic E-state index is 0.0598. The lowest BCUT2D eigenvalue weighted by atomic mass is 9.97. The number of hydrogen-bond acceptors (Lipinski definition) is 4. The predicted octanol–water partition coefficient (Wildman–Crippen LogP) is 2.51. The average molecular weight is 386 g/mol. The summed E-state index contributed by atoms with van der Waals surface area (Å²) < 4.78 is 4.97. The van der Waals surface area contributed by atoms with Crippen LogP contribution in [0.5, 0.6) is 0 Å². The Morgan fingerprint density at radius 1 is 1.04 bits per heavy atom. The Morgan fingerprint density at radius 2 is 1.82 bits per heavy atom. The fourth-order valence-electron chi connectivity index (χ4n) is 4.10.